The van der Waals surface area contributed by atoms with Crippen molar-refractivity contribution in [3.05, 3.63) is 33.5 Å². The molecular formula is C15H18N4O2S2. The second-order valence-corrected chi connectivity index (χ2v) is 7.44. The number of hydrogen-bond acceptors (Lipinski definition) is 6. The summed E-state index contributed by atoms with van der Waals surface area (Å²) in [5, 5.41) is 5.66. The molecule has 1 aliphatic rings. The first kappa shape index (κ1) is 15.9. The van der Waals surface area contributed by atoms with Gasteiger partial charge < -0.3 is 15.1 Å². The molecule has 1 aliphatic heterocycles. The number of carbonyl (C=O) groups is 2. The number of aryl methyl sites for hydroxylation is 1. The van der Waals surface area contributed by atoms with Crippen LogP contribution in [0.25, 0.3) is 0 Å². The maximum absolute atomic E-state index is 12.2. The first-order valence-corrected chi connectivity index (χ1v) is 9.10. The molecule has 1 saturated heterocycles. The molecule has 3 rings (SSSR count). The van der Waals surface area contributed by atoms with Crippen molar-refractivity contribution >= 4 is 39.6 Å². The largest absolute Gasteiger partial charge is 0.345 e. The highest BCUT2D eigenvalue weighted by Gasteiger charge is 2.22. The number of thiazole rings is 1. The fourth-order valence-electron chi connectivity index (χ4n) is 2.43. The Kier molecular flexibility index (Phi) is 4.92. The lowest BCUT2D eigenvalue weighted by atomic mass is 10.3. The summed E-state index contributed by atoms with van der Waals surface area (Å²) < 4.78 is 0. The number of nitrogens with zero attached hydrogens (tertiary/aromatic N) is 3. The van der Waals surface area contributed by atoms with Gasteiger partial charge in [0.2, 0.25) is 5.91 Å². The molecule has 8 heteroatoms. The average Bonchev–Trinajstić information content (AvgIpc) is 3.24. The van der Waals surface area contributed by atoms with Crippen LogP contribution in [0.3, 0.4) is 0 Å². The van der Waals surface area contributed by atoms with E-state index in [0.29, 0.717) is 18.0 Å². The standard InChI is InChI=1S/C15H18N4O2S2/c1-11-2-3-12(23-11)14(21)17-10-13(20)18-5-7-19(8-6-18)15-16-4-9-22-15/h2-4,9H,5-8,10H2,1H3,(H,17,21). The maximum Gasteiger partial charge on any atom is 0.261 e. The van der Waals surface area contributed by atoms with Crippen LogP contribution in [0.4, 0.5) is 5.13 Å². The van der Waals surface area contributed by atoms with Crippen LogP contribution in [0.2, 0.25) is 0 Å². The molecule has 2 aromatic heterocycles. The second kappa shape index (κ2) is 7.10. The Morgan fingerprint density at radius 1 is 1.26 bits per heavy atom. The summed E-state index contributed by atoms with van der Waals surface area (Å²) in [6.45, 7) is 4.87. The van der Waals surface area contributed by atoms with Crippen molar-refractivity contribution in [3.8, 4) is 0 Å². The fourth-order valence-corrected chi connectivity index (χ4v) is 3.91. The van der Waals surface area contributed by atoms with Gasteiger partial charge in [0.15, 0.2) is 5.13 Å². The van der Waals surface area contributed by atoms with Gasteiger partial charge in [0.1, 0.15) is 0 Å². The third-order valence-corrected chi connectivity index (χ3v) is 5.52. The molecule has 0 unspecified atom stereocenters. The third-order valence-electron chi connectivity index (χ3n) is 3.69. The van der Waals surface area contributed by atoms with E-state index in [1.165, 1.54) is 11.3 Å². The molecule has 122 valence electrons. The number of anilines is 1. The Morgan fingerprint density at radius 2 is 2.04 bits per heavy atom. The van der Waals surface area contributed by atoms with E-state index in [4.69, 9.17) is 0 Å². The summed E-state index contributed by atoms with van der Waals surface area (Å²) in [4.78, 5) is 34.2. The molecule has 0 saturated carbocycles. The van der Waals surface area contributed by atoms with Gasteiger partial charge in [0.25, 0.3) is 5.91 Å². The van der Waals surface area contributed by atoms with E-state index in [9.17, 15) is 9.59 Å². The zero-order chi connectivity index (χ0) is 16.2. The molecule has 0 bridgehead atoms. The fraction of sp³-hybridized carbons (Fsp3) is 0.400. The highest BCUT2D eigenvalue weighted by Crippen LogP contribution is 2.19. The number of thiophene rings is 1. The lowest BCUT2D eigenvalue weighted by Gasteiger charge is -2.34. The van der Waals surface area contributed by atoms with Crippen molar-refractivity contribution in [2.45, 2.75) is 6.92 Å². The molecule has 0 aliphatic carbocycles. The van der Waals surface area contributed by atoms with Gasteiger partial charge in [0, 0.05) is 42.6 Å². The molecule has 0 radical (unpaired) electrons. The van der Waals surface area contributed by atoms with Crippen molar-refractivity contribution in [1.82, 2.24) is 15.2 Å². The van der Waals surface area contributed by atoms with E-state index < -0.39 is 0 Å². The van der Waals surface area contributed by atoms with Gasteiger partial charge in [0.05, 0.1) is 11.4 Å². The topological polar surface area (TPSA) is 65.5 Å². The van der Waals surface area contributed by atoms with Gasteiger partial charge in [-0.1, -0.05) is 0 Å². The minimum atomic E-state index is -0.183. The first-order chi connectivity index (χ1) is 11.1. The summed E-state index contributed by atoms with van der Waals surface area (Å²) >= 11 is 3.04. The Labute approximate surface area is 142 Å². The molecule has 6 nitrogen and oxygen atoms in total. The van der Waals surface area contributed by atoms with Crippen molar-refractivity contribution < 1.29 is 9.59 Å². The highest BCUT2D eigenvalue weighted by atomic mass is 32.1. The zero-order valence-electron chi connectivity index (χ0n) is 12.8. The number of nitrogens with one attached hydrogen (secondary N) is 1. The summed E-state index contributed by atoms with van der Waals surface area (Å²) in [6.07, 6.45) is 1.79. The number of rotatable bonds is 4. The molecule has 0 spiro atoms. The summed E-state index contributed by atoms with van der Waals surface area (Å²) in [5.41, 5.74) is 0. The number of aromatic nitrogens is 1. The molecule has 2 aromatic rings. The van der Waals surface area contributed by atoms with Crippen LogP contribution in [0, 0.1) is 6.92 Å². The van der Waals surface area contributed by atoms with Crippen LogP contribution in [-0.4, -0.2) is 54.4 Å². The predicted molar refractivity (Wildman–Crippen MR) is 92.3 cm³/mol. The van der Waals surface area contributed by atoms with Crippen LogP contribution < -0.4 is 10.2 Å². The van der Waals surface area contributed by atoms with Crippen LogP contribution in [-0.2, 0) is 4.79 Å². The Bertz CT molecular complexity index is 675. The average molecular weight is 350 g/mol. The van der Waals surface area contributed by atoms with E-state index in [1.807, 2.05) is 18.4 Å². The predicted octanol–water partition coefficient (Wildman–Crippen LogP) is 1.59. The van der Waals surface area contributed by atoms with Gasteiger partial charge in [-0.15, -0.1) is 22.7 Å². The van der Waals surface area contributed by atoms with Gasteiger partial charge in [-0.2, -0.15) is 0 Å². The first-order valence-electron chi connectivity index (χ1n) is 7.40. The van der Waals surface area contributed by atoms with Gasteiger partial charge in [-0.25, -0.2) is 4.98 Å². The number of hydrogen-bond donors (Lipinski definition) is 1. The van der Waals surface area contributed by atoms with Crippen LogP contribution in [0.15, 0.2) is 23.7 Å². The lowest BCUT2D eigenvalue weighted by Crippen LogP contribution is -2.51. The van der Waals surface area contributed by atoms with Crippen LogP contribution in [0.1, 0.15) is 14.5 Å². The molecule has 3 heterocycles. The summed E-state index contributed by atoms with van der Waals surface area (Å²) in [6, 6.07) is 3.69. The number of carbonyl (C=O) groups excluding carboxylic acids is 2. The number of amides is 2. The molecule has 0 aromatic carbocycles. The molecular weight excluding hydrogens is 332 g/mol. The second-order valence-electron chi connectivity index (χ2n) is 5.28. The van der Waals surface area contributed by atoms with E-state index in [1.54, 1.807) is 28.5 Å². The molecule has 23 heavy (non-hydrogen) atoms. The third kappa shape index (κ3) is 3.89. The van der Waals surface area contributed by atoms with Gasteiger partial charge in [-0.05, 0) is 19.1 Å². The smallest absolute Gasteiger partial charge is 0.261 e. The summed E-state index contributed by atoms with van der Waals surface area (Å²) in [5.74, 6) is -0.219. The highest BCUT2D eigenvalue weighted by molar-refractivity contribution is 7.14. The van der Waals surface area contributed by atoms with Gasteiger partial charge in [-0.3, -0.25) is 9.59 Å². The zero-order valence-corrected chi connectivity index (χ0v) is 14.5. The van der Waals surface area contributed by atoms with E-state index >= 15 is 0 Å². The van der Waals surface area contributed by atoms with Gasteiger partial charge >= 0.3 is 0 Å². The Morgan fingerprint density at radius 3 is 2.65 bits per heavy atom. The maximum atomic E-state index is 12.2. The van der Waals surface area contributed by atoms with Crippen LogP contribution >= 0.6 is 22.7 Å². The normalized spacial score (nSPS) is 14.8. The van der Waals surface area contributed by atoms with E-state index in [0.717, 1.165) is 23.1 Å². The lowest BCUT2D eigenvalue weighted by molar-refractivity contribution is -0.130. The van der Waals surface area contributed by atoms with Crippen molar-refractivity contribution in [2.24, 2.45) is 0 Å². The molecule has 1 fully saturated rings. The minimum absolute atomic E-state index is 0.0367. The van der Waals surface area contributed by atoms with Crippen molar-refractivity contribution in [2.75, 3.05) is 37.6 Å². The SMILES string of the molecule is Cc1ccc(C(=O)NCC(=O)N2CCN(c3nccs3)CC2)s1. The quantitative estimate of drug-likeness (QED) is 0.909. The molecule has 2 amide bonds. The Hall–Kier alpha value is -1.93. The van der Waals surface area contributed by atoms with Crippen molar-refractivity contribution in [3.63, 3.8) is 0 Å². The molecule has 0 atom stereocenters. The Balaban J connectivity index is 1.45. The van der Waals surface area contributed by atoms with Crippen LogP contribution in [0.5, 0.6) is 0 Å². The van der Waals surface area contributed by atoms with E-state index in [2.05, 4.69) is 15.2 Å². The molecule has 1 N–H and O–H groups in total. The van der Waals surface area contributed by atoms with E-state index in [-0.39, 0.29) is 18.4 Å². The number of piperazine rings is 1. The van der Waals surface area contributed by atoms with Crippen molar-refractivity contribution in [1.29, 1.82) is 0 Å². The monoisotopic (exact) mass is 350 g/mol. The summed E-state index contributed by atoms with van der Waals surface area (Å²) in [7, 11) is 0. The minimum Gasteiger partial charge on any atom is -0.345 e.